The van der Waals surface area contributed by atoms with Crippen molar-refractivity contribution in [3.8, 4) is 5.75 Å². The fraction of sp³-hybridized carbons (Fsp3) is 0.231. The van der Waals surface area contributed by atoms with Crippen molar-refractivity contribution in [2.75, 3.05) is 11.9 Å². The van der Waals surface area contributed by atoms with Crippen LogP contribution in [0.2, 0.25) is 5.02 Å². The number of nitrogens with zero attached hydrogens (tertiary/aromatic N) is 1. The Kier molecular flexibility index (Phi) is 3.67. The van der Waals surface area contributed by atoms with Crippen molar-refractivity contribution in [1.82, 2.24) is 9.97 Å². The third-order valence-electron chi connectivity index (χ3n) is 3.07. The molecular formula is C13H11BrClN3O2. The molecule has 2 heterocycles. The highest BCUT2D eigenvalue weighted by atomic mass is 79.9. The SMILES string of the molecule is O=c1[nH]cnc(NCc2cc(Br)cc3c2OCC3)c1Cl. The lowest BCUT2D eigenvalue weighted by Crippen LogP contribution is -2.12. The number of aromatic amines is 1. The van der Waals surface area contributed by atoms with Gasteiger partial charge in [0, 0.05) is 23.0 Å². The fourth-order valence-corrected chi connectivity index (χ4v) is 2.89. The topological polar surface area (TPSA) is 67.0 Å². The van der Waals surface area contributed by atoms with Gasteiger partial charge in [-0.2, -0.15) is 0 Å². The molecule has 2 aromatic rings. The zero-order valence-corrected chi connectivity index (χ0v) is 12.7. The molecule has 0 bridgehead atoms. The van der Waals surface area contributed by atoms with Crippen molar-refractivity contribution < 1.29 is 4.74 Å². The molecule has 1 aliphatic heterocycles. The molecule has 0 fully saturated rings. The maximum Gasteiger partial charge on any atom is 0.271 e. The van der Waals surface area contributed by atoms with E-state index in [1.54, 1.807) is 0 Å². The van der Waals surface area contributed by atoms with Crippen LogP contribution in [0.15, 0.2) is 27.7 Å². The highest BCUT2D eigenvalue weighted by Crippen LogP contribution is 2.33. The summed E-state index contributed by atoms with van der Waals surface area (Å²) in [5, 5.41) is 3.12. The molecule has 1 aromatic carbocycles. The summed E-state index contributed by atoms with van der Waals surface area (Å²) < 4.78 is 6.65. The lowest BCUT2D eigenvalue weighted by Gasteiger charge is -2.11. The number of rotatable bonds is 3. The maximum atomic E-state index is 11.4. The molecule has 0 unspecified atom stereocenters. The van der Waals surface area contributed by atoms with E-state index in [1.165, 1.54) is 11.9 Å². The largest absolute Gasteiger partial charge is 0.493 e. The quantitative estimate of drug-likeness (QED) is 0.887. The molecule has 0 aliphatic carbocycles. The number of fused-ring (bicyclic) bond motifs is 1. The van der Waals surface area contributed by atoms with Crippen LogP contribution in [0.4, 0.5) is 5.82 Å². The van der Waals surface area contributed by atoms with E-state index in [-0.39, 0.29) is 10.6 Å². The zero-order chi connectivity index (χ0) is 14.1. The van der Waals surface area contributed by atoms with Crippen LogP contribution in [0.3, 0.4) is 0 Å². The van der Waals surface area contributed by atoms with Crippen molar-refractivity contribution in [1.29, 1.82) is 0 Å². The van der Waals surface area contributed by atoms with Gasteiger partial charge < -0.3 is 15.0 Å². The van der Waals surface area contributed by atoms with Crippen LogP contribution in [0, 0.1) is 0 Å². The molecule has 20 heavy (non-hydrogen) atoms. The Hall–Kier alpha value is -1.53. The summed E-state index contributed by atoms with van der Waals surface area (Å²) in [6.45, 7) is 1.18. The zero-order valence-electron chi connectivity index (χ0n) is 10.4. The monoisotopic (exact) mass is 355 g/mol. The molecule has 0 spiro atoms. The Morgan fingerprint density at radius 1 is 1.50 bits per heavy atom. The first-order valence-electron chi connectivity index (χ1n) is 6.06. The van der Waals surface area contributed by atoms with Crippen LogP contribution in [0.25, 0.3) is 0 Å². The third kappa shape index (κ3) is 2.53. The van der Waals surface area contributed by atoms with Crippen LogP contribution in [0.5, 0.6) is 5.75 Å². The first kappa shape index (κ1) is 13.5. The summed E-state index contributed by atoms with van der Waals surface area (Å²) in [5.41, 5.74) is 1.83. The van der Waals surface area contributed by atoms with E-state index in [9.17, 15) is 4.79 Å². The predicted molar refractivity (Wildman–Crippen MR) is 80.5 cm³/mol. The first-order chi connectivity index (χ1) is 9.65. The number of benzene rings is 1. The third-order valence-corrected chi connectivity index (χ3v) is 3.88. The van der Waals surface area contributed by atoms with E-state index in [0.29, 0.717) is 19.0 Å². The molecule has 104 valence electrons. The molecular weight excluding hydrogens is 346 g/mol. The lowest BCUT2D eigenvalue weighted by atomic mass is 10.1. The molecule has 0 saturated carbocycles. The number of aromatic nitrogens is 2. The summed E-state index contributed by atoms with van der Waals surface area (Å²) in [5.74, 6) is 1.27. The Bertz CT molecular complexity index is 717. The maximum absolute atomic E-state index is 11.4. The Morgan fingerprint density at radius 3 is 3.20 bits per heavy atom. The summed E-state index contributed by atoms with van der Waals surface area (Å²) in [4.78, 5) is 17.8. The number of anilines is 1. The number of hydrogen-bond donors (Lipinski definition) is 2. The minimum atomic E-state index is -0.361. The Morgan fingerprint density at radius 2 is 2.35 bits per heavy atom. The van der Waals surface area contributed by atoms with Gasteiger partial charge in [-0.15, -0.1) is 0 Å². The normalized spacial score (nSPS) is 12.9. The fourth-order valence-electron chi connectivity index (χ4n) is 2.16. The Labute approximate surface area is 128 Å². The van der Waals surface area contributed by atoms with Crippen molar-refractivity contribution in [2.45, 2.75) is 13.0 Å². The molecule has 5 nitrogen and oxygen atoms in total. The van der Waals surface area contributed by atoms with Gasteiger partial charge in [0.1, 0.15) is 10.8 Å². The first-order valence-corrected chi connectivity index (χ1v) is 7.23. The van der Waals surface area contributed by atoms with Crippen molar-refractivity contribution >= 4 is 33.3 Å². The van der Waals surface area contributed by atoms with Crippen LogP contribution >= 0.6 is 27.5 Å². The summed E-state index contributed by atoms with van der Waals surface area (Å²) in [6, 6.07) is 4.04. The van der Waals surface area contributed by atoms with E-state index >= 15 is 0 Å². The van der Waals surface area contributed by atoms with Gasteiger partial charge in [0.05, 0.1) is 12.9 Å². The van der Waals surface area contributed by atoms with Crippen LogP contribution in [0.1, 0.15) is 11.1 Å². The number of hydrogen-bond acceptors (Lipinski definition) is 4. The second kappa shape index (κ2) is 5.46. The molecule has 1 aliphatic rings. The van der Waals surface area contributed by atoms with E-state index in [2.05, 4.69) is 37.3 Å². The smallest absolute Gasteiger partial charge is 0.271 e. The Balaban J connectivity index is 1.86. The average molecular weight is 357 g/mol. The highest BCUT2D eigenvalue weighted by molar-refractivity contribution is 9.10. The van der Waals surface area contributed by atoms with Crippen molar-refractivity contribution in [3.63, 3.8) is 0 Å². The van der Waals surface area contributed by atoms with E-state index in [1.807, 2.05) is 6.07 Å². The average Bonchev–Trinajstić information content (AvgIpc) is 2.88. The number of halogens is 2. The van der Waals surface area contributed by atoms with Gasteiger partial charge in [-0.05, 0) is 17.7 Å². The lowest BCUT2D eigenvalue weighted by molar-refractivity contribution is 0.354. The second-order valence-corrected chi connectivity index (χ2v) is 5.69. The minimum Gasteiger partial charge on any atom is -0.493 e. The standard InChI is InChI=1S/C13H11BrClN3O2/c14-9-3-7-1-2-20-11(7)8(4-9)5-16-12-10(15)13(19)18-6-17-12/h3-4,6H,1-2,5H2,(H2,16,17,18,19). The molecule has 7 heteroatoms. The van der Waals surface area contributed by atoms with Gasteiger partial charge in [-0.3, -0.25) is 4.79 Å². The molecule has 2 N–H and O–H groups in total. The summed E-state index contributed by atoms with van der Waals surface area (Å²) in [6.07, 6.45) is 2.23. The summed E-state index contributed by atoms with van der Waals surface area (Å²) in [7, 11) is 0. The van der Waals surface area contributed by atoms with Gasteiger partial charge in [-0.1, -0.05) is 27.5 Å². The van der Waals surface area contributed by atoms with Gasteiger partial charge in [-0.25, -0.2) is 4.98 Å². The van der Waals surface area contributed by atoms with Crippen LogP contribution in [-0.2, 0) is 13.0 Å². The molecule has 3 rings (SSSR count). The second-order valence-electron chi connectivity index (χ2n) is 4.40. The van der Waals surface area contributed by atoms with E-state index in [0.717, 1.165) is 22.2 Å². The minimum absolute atomic E-state index is 0.0556. The highest BCUT2D eigenvalue weighted by Gasteiger charge is 2.17. The number of H-pyrrole nitrogens is 1. The molecule has 0 atom stereocenters. The van der Waals surface area contributed by atoms with E-state index in [4.69, 9.17) is 16.3 Å². The molecule has 0 radical (unpaired) electrons. The van der Waals surface area contributed by atoms with E-state index < -0.39 is 0 Å². The number of nitrogens with one attached hydrogen (secondary N) is 2. The number of ether oxygens (including phenoxy) is 1. The molecule has 1 aromatic heterocycles. The van der Waals surface area contributed by atoms with Gasteiger partial charge in [0.2, 0.25) is 0 Å². The molecule has 0 saturated heterocycles. The molecule has 0 amide bonds. The van der Waals surface area contributed by atoms with Crippen LogP contribution in [-0.4, -0.2) is 16.6 Å². The van der Waals surface area contributed by atoms with Gasteiger partial charge in [0.15, 0.2) is 5.82 Å². The predicted octanol–water partition coefficient (Wildman–Crippen LogP) is 2.73. The van der Waals surface area contributed by atoms with Crippen molar-refractivity contribution in [3.05, 3.63) is 49.4 Å². The van der Waals surface area contributed by atoms with Gasteiger partial charge in [0.25, 0.3) is 5.56 Å². The summed E-state index contributed by atoms with van der Waals surface area (Å²) >= 11 is 9.39. The van der Waals surface area contributed by atoms with Crippen molar-refractivity contribution in [2.24, 2.45) is 0 Å². The van der Waals surface area contributed by atoms with Gasteiger partial charge >= 0.3 is 0 Å². The van der Waals surface area contributed by atoms with Crippen LogP contribution < -0.4 is 15.6 Å².